The van der Waals surface area contributed by atoms with Crippen LogP contribution in [0.2, 0.25) is 0 Å². The predicted octanol–water partition coefficient (Wildman–Crippen LogP) is 6.80. The van der Waals surface area contributed by atoms with Gasteiger partial charge in [0.1, 0.15) is 0 Å². The number of azo groups is 1. The van der Waals surface area contributed by atoms with Gasteiger partial charge in [0.05, 0.1) is 35.7 Å². The van der Waals surface area contributed by atoms with E-state index in [1.54, 1.807) is 48.5 Å². The molecule has 0 saturated heterocycles. The van der Waals surface area contributed by atoms with Gasteiger partial charge in [-0.05, 0) is 61.4 Å². The number of benzene rings is 2. The van der Waals surface area contributed by atoms with E-state index in [0.29, 0.717) is 35.7 Å². The van der Waals surface area contributed by atoms with Crippen LogP contribution in [0.4, 0.5) is 11.4 Å². The maximum atomic E-state index is 12.0. The molecule has 6 heteroatoms. The van der Waals surface area contributed by atoms with Crippen LogP contribution in [-0.4, -0.2) is 25.2 Å². The third-order valence-electron chi connectivity index (χ3n) is 4.45. The number of nitrogens with zero attached hydrogens (tertiary/aromatic N) is 2. The van der Waals surface area contributed by atoms with E-state index in [9.17, 15) is 9.59 Å². The van der Waals surface area contributed by atoms with Crippen molar-refractivity contribution in [3.05, 3.63) is 59.7 Å². The van der Waals surface area contributed by atoms with Crippen molar-refractivity contribution in [1.29, 1.82) is 0 Å². The number of carbonyl (C=O) groups is 2. The molecule has 2 aromatic carbocycles. The summed E-state index contributed by atoms with van der Waals surface area (Å²) in [6.45, 7) is 5.09. The van der Waals surface area contributed by atoms with Crippen LogP contribution in [0.25, 0.3) is 0 Å². The average Bonchev–Trinajstić information content (AvgIpc) is 2.78. The SMILES string of the molecule is CCCCCOC(=O)c1ccc(N=Nc2ccc(C(=O)OCCCCC)cc2)cc1. The Morgan fingerprint density at radius 3 is 1.33 bits per heavy atom. The van der Waals surface area contributed by atoms with Gasteiger partial charge < -0.3 is 9.47 Å². The van der Waals surface area contributed by atoms with E-state index in [0.717, 1.165) is 38.5 Å². The third kappa shape index (κ3) is 8.15. The Bertz CT molecular complexity index is 745. The molecule has 0 heterocycles. The van der Waals surface area contributed by atoms with Crippen LogP contribution in [0.3, 0.4) is 0 Å². The smallest absolute Gasteiger partial charge is 0.338 e. The molecule has 0 bridgehead atoms. The zero-order valence-electron chi connectivity index (χ0n) is 17.8. The van der Waals surface area contributed by atoms with Gasteiger partial charge in [-0.2, -0.15) is 10.2 Å². The molecule has 30 heavy (non-hydrogen) atoms. The van der Waals surface area contributed by atoms with Crippen LogP contribution < -0.4 is 0 Å². The summed E-state index contributed by atoms with van der Waals surface area (Å²) >= 11 is 0. The minimum Gasteiger partial charge on any atom is -0.462 e. The number of unbranched alkanes of at least 4 members (excludes halogenated alkanes) is 4. The maximum Gasteiger partial charge on any atom is 0.338 e. The Balaban J connectivity index is 1.85. The van der Waals surface area contributed by atoms with Gasteiger partial charge in [0.15, 0.2) is 0 Å². The van der Waals surface area contributed by atoms with Crippen LogP contribution in [0, 0.1) is 0 Å². The standard InChI is InChI=1S/C24H30N2O4/c1-3-5-7-17-29-23(27)19-9-13-21(14-10-19)25-26-22-15-11-20(12-16-22)24(28)30-18-8-6-4-2/h9-16H,3-8,17-18H2,1-2H3. The molecule has 0 saturated carbocycles. The first kappa shape index (κ1) is 23.3. The van der Waals surface area contributed by atoms with Gasteiger partial charge in [-0.3, -0.25) is 0 Å². The molecule has 160 valence electrons. The average molecular weight is 411 g/mol. The van der Waals surface area contributed by atoms with Crippen LogP contribution in [0.5, 0.6) is 0 Å². The van der Waals surface area contributed by atoms with Gasteiger partial charge in [-0.25, -0.2) is 9.59 Å². The van der Waals surface area contributed by atoms with Gasteiger partial charge in [0, 0.05) is 0 Å². The lowest BCUT2D eigenvalue weighted by Gasteiger charge is -2.04. The van der Waals surface area contributed by atoms with Crippen molar-refractivity contribution in [2.45, 2.75) is 52.4 Å². The molecular formula is C24H30N2O4. The predicted molar refractivity (Wildman–Crippen MR) is 117 cm³/mol. The number of rotatable bonds is 12. The lowest BCUT2D eigenvalue weighted by Crippen LogP contribution is -2.06. The minimum atomic E-state index is -0.327. The monoisotopic (exact) mass is 410 g/mol. The number of ether oxygens (including phenoxy) is 2. The van der Waals surface area contributed by atoms with Gasteiger partial charge in [-0.1, -0.05) is 39.5 Å². The molecule has 0 unspecified atom stereocenters. The highest BCUT2D eigenvalue weighted by Gasteiger charge is 2.07. The number of esters is 2. The van der Waals surface area contributed by atoms with E-state index in [1.165, 1.54) is 0 Å². The number of carbonyl (C=O) groups excluding carboxylic acids is 2. The molecule has 2 aromatic rings. The van der Waals surface area contributed by atoms with Gasteiger partial charge in [-0.15, -0.1) is 0 Å². The Kier molecular flexibility index (Phi) is 10.3. The lowest BCUT2D eigenvalue weighted by atomic mass is 10.2. The second-order valence-electron chi connectivity index (χ2n) is 6.98. The Morgan fingerprint density at radius 1 is 0.633 bits per heavy atom. The largest absolute Gasteiger partial charge is 0.462 e. The molecule has 0 aliphatic carbocycles. The topological polar surface area (TPSA) is 77.3 Å². The summed E-state index contributed by atoms with van der Waals surface area (Å²) in [4.78, 5) is 23.9. The van der Waals surface area contributed by atoms with Crippen molar-refractivity contribution < 1.29 is 19.1 Å². The van der Waals surface area contributed by atoms with Gasteiger partial charge >= 0.3 is 11.9 Å². The molecule has 0 aromatic heterocycles. The molecule has 0 N–H and O–H groups in total. The van der Waals surface area contributed by atoms with Crippen molar-refractivity contribution in [2.75, 3.05) is 13.2 Å². The van der Waals surface area contributed by atoms with Crippen molar-refractivity contribution in [2.24, 2.45) is 10.2 Å². The molecule has 0 spiro atoms. The fourth-order valence-corrected chi connectivity index (χ4v) is 2.64. The molecule has 0 radical (unpaired) electrons. The van der Waals surface area contributed by atoms with Crippen LogP contribution in [0.1, 0.15) is 73.1 Å². The van der Waals surface area contributed by atoms with E-state index >= 15 is 0 Å². The lowest BCUT2D eigenvalue weighted by molar-refractivity contribution is 0.0489. The second-order valence-corrected chi connectivity index (χ2v) is 6.98. The second kappa shape index (κ2) is 13.2. The summed E-state index contributed by atoms with van der Waals surface area (Å²) in [6.07, 6.45) is 6.03. The van der Waals surface area contributed by atoms with Crippen LogP contribution in [0.15, 0.2) is 58.8 Å². The van der Waals surface area contributed by atoms with Crippen molar-refractivity contribution in [3.63, 3.8) is 0 Å². The highest BCUT2D eigenvalue weighted by atomic mass is 16.5. The summed E-state index contributed by atoms with van der Waals surface area (Å²) in [6, 6.07) is 13.6. The minimum absolute atomic E-state index is 0.327. The number of hydrogen-bond donors (Lipinski definition) is 0. The molecule has 0 amide bonds. The highest BCUT2D eigenvalue weighted by Crippen LogP contribution is 2.20. The quantitative estimate of drug-likeness (QED) is 0.219. The Labute approximate surface area is 178 Å². The summed E-state index contributed by atoms with van der Waals surface area (Å²) in [5.41, 5.74) is 2.23. The summed E-state index contributed by atoms with van der Waals surface area (Å²) in [7, 11) is 0. The van der Waals surface area contributed by atoms with E-state index in [4.69, 9.17) is 9.47 Å². The maximum absolute atomic E-state index is 12.0. The van der Waals surface area contributed by atoms with Crippen LogP contribution >= 0.6 is 0 Å². The molecule has 2 rings (SSSR count). The Morgan fingerprint density at radius 2 is 1.00 bits per heavy atom. The first-order valence-corrected chi connectivity index (χ1v) is 10.6. The third-order valence-corrected chi connectivity index (χ3v) is 4.45. The van der Waals surface area contributed by atoms with Crippen molar-refractivity contribution in [1.82, 2.24) is 0 Å². The summed E-state index contributed by atoms with van der Waals surface area (Å²) in [5, 5.41) is 8.33. The highest BCUT2D eigenvalue weighted by molar-refractivity contribution is 5.90. The molecule has 0 aliphatic rings. The van der Waals surface area contributed by atoms with Crippen LogP contribution in [-0.2, 0) is 9.47 Å². The van der Waals surface area contributed by atoms with Gasteiger partial charge in [0.25, 0.3) is 0 Å². The molecule has 0 atom stereocenters. The zero-order chi connectivity index (χ0) is 21.6. The zero-order valence-corrected chi connectivity index (χ0v) is 17.8. The van der Waals surface area contributed by atoms with Gasteiger partial charge in [0.2, 0.25) is 0 Å². The fourth-order valence-electron chi connectivity index (χ4n) is 2.64. The molecule has 0 aliphatic heterocycles. The first-order valence-electron chi connectivity index (χ1n) is 10.6. The van der Waals surface area contributed by atoms with E-state index in [-0.39, 0.29) is 11.9 Å². The fraction of sp³-hybridized carbons (Fsp3) is 0.417. The van der Waals surface area contributed by atoms with Crippen molar-refractivity contribution in [3.8, 4) is 0 Å². The van der Waals surface area contributed by atoms with Crippen molar-refractivity contribution >= 4 is 23.3 Å². The molecule has 6 nitrogen and oxygen atoms in total. The first-order chi connectivity index (χ1) is 14.6. The summed E-state index contributed by atoms with van der Waals surface area (Å²) in [5.74, 6) is -0.654. The van der Waals surface area contributed by atoms with E-state index < -0.39 is 0 Å². The Hall–Kier alpha value is -3.02. The molecule has 0 fully saturated rings. The molecular weight excluding hydrogens is 380 g/mol. The van der Waals surface area contributed by atoms with E-state index in [1.807, 2.05) is 0 Å². The summed E-state index contributed by atoms with van der Waals surface area (Å²) < 4.78 is 10.5. The number of hydrogen-bond acceptors (Lipinski definition) is 6. The normalized spacial score (nSPS) is 10.9. The van der Waals surface area contributed by atoms with E-state index in [2.05, 4.69) is 24.1 Å².